The minimum absolute atomic E-state index is 0. The Bertz CT molecular complexity index is 854. The first-order chi connectivity index (χ1) is 14.9. The Hall–Kier alpha value is -2.37. The van der Waals surface area contributed by atoms with Crippen LogP contribution in [0.5, 0.6) is 0 Å². The highest BCUT2D eigenvalue weighted by molar-refractivity contribution is 5.94. The molecule has 2 aliphatic heterocycles. The van der Waals surface area contributed by atoms with Gasteiger partial charge in [0.1, 0.15) is 5.84 Å². The zero-order valence-corrected chi connectivity index (χ0v) is 22.5. The molecule has 0 aromatic rings. The number of ether oxygens (including phenoxy) is 1. The number of nitrogens with two attached hydrogens (primary N) is 2. The van der Waals surface area contributed by atoms with Crippen molar-refractivity contribution in [3.05, 3.63) is 35.2 Å². The van der Waals surface area contributed by atoms with Crippen molar-refractivity contribution in [3.8, 4) is 0 Å². The van der Waals surface area contributed by atoms with Gasteiger partial charge >= 0.3 is 5.97 Å². The van der Waals surface area contributed by atoms with Crippen molar-refractivity contribution in [2.45, 2.75) is 89.0 Å². The highest BCUT2D eigenvalue weighted by Gasteiger charge is 2.31. The van der Waals surface area contributed by atoms with Crippen molar-refractivity contribution in [1.82, 2.24) is 0 Å². The van der Waals surface area contributed by atoms with Crippen molar-refractivity contribution in [3.63, 3.8) is 0 Å². The van der Waals surface area contributed by atoms with Gasteiger partial charge in [-0.3, -0.25) is 9.79 Å². The first-order valence-corrected chi connectivity index (χ1v) is 11.8. The fourth-order valence-corrected chi connectivity index (χ4v) is 3.43. The Morgan fingerprint density at radius 3 is 1.82 bits per heavy atom. The van der Waals surface area contributed by atoms with E-state index in [2.05, 4.69) is 89.2 Å². The molecule has 194 valence electrons. The lowest BCUT2D eigenvalue weighted by Gasteiger charge is -2.20. The molecule has 3 rings (SSSR count). The molecule has 4 N–H and O–H groups in total. The predicted octanol–water partition coefficient (Wildman–Crippen LogP) is 6.19. The van der Waals surface area contributed by atoms with Crippen LogP contribution in [-0.4, -0.2) is 31.2 Å². The van der Waals surface area contributed by atoms with Gasteiger partial charge in [0.05, 0.1) is 19.6 Å². The van der Waals surface area contributed by atoms with Crippen molar-refractivity contribution in [2.75, 3.05) is 13.7 Å². The number of amidine groups is 1. The van der Waals surface area contributed by atoms with Gasteiger partial charge in [0, 0.05) is 41.8 Å². The zero-order valence-electron chi connectivity index (χ0n) is 22.5. The summed E-state index contributed by atoms with van der Waals surface area (Å²) in [4.78, 5) is 19.8. The molecule has 0 amide bonds. The summed E-state index contributed by atoms with van der Waals surface area (Å²) in [5.41, 5.74) is 16.3. The summed E-state index contributed by atoms with van der Waals surface area (Å²) in [6, 6.07) is 0. The SMILES string of the molecule is C.CC(C)(C)C1=CC=C(N)C1.CC(C)(C)C1=CCC(N)=N1.COC(=O)C1CN=C(C(C)(C)C)C1. The van der Waals surface area contributed by atoms with Crippen LogP contribution in [0.2, 0.25) is 0 Å². The molecule has 1 unspecified atom stereocenters. The monoisotopic (exact) mass is 474 g/mol. The van der Waals surface area contributed by atoms with E-state index in [9.17, 15) is 4.79 Å². The third-order valence-corrected chi connectivity index (χ3v) is 5.74. The second-order valence-electron chi connectivity index (χ2n) is 12.0. The van der Waals surface area contributed by atoms with E-state index in [1.54, 1.807) is 0 Å². The predicted molar refractivity (Wildman–Crippen MR) is 147 cm³/mol. The van der Waals surface area contributed by atoms with E-state index < -0.39 is 0 Å². The Morgan fingerprint density at radius 1 is 0.971 bits per heavy atom. The van der Waals surface area contributed by atoms with Crippen molar-refractivity contribution in [2.24, 2.45) is 43.6 Å². The molecule has 0 fully saturated rings. The quantitative estimate of drug-likeness (QED) is 0.442. The summed E-state index contributed by atoms with van der Waals surface area (Å²) in [6.07, 6.45) is 8.78. The molecule has 0 aromatic carbocycles. The fraction of sp³-hybridized carbons (Fsp3) is 0.679. The number of carbonyl (C=O) groups is 1. The van der Waals surface area contributed by atoms with Gasteiger partial charge in [-0.2, -0.15) is 0 Å². The highest BCUT2D eigenvalue weighted by atomic mass is 16.5. The highest BCUT2D eigenvalue weighted by Crippen LogP contribution is 2.32. The minimum Gasteiger partial charge on any atom is -0.469 e. The lowest BCUT2D eigenvalue weighted by atomic mass is 9.86. The summed E-state index contributed by atoms with van der Waals surface area (Å²) >= 11 is 0. The van der Waals surface area contributed by atoms with Crippen molar-refractivity contribution >= 4 is 17.5 Å². The number of methoxy groups -OCH3 is 1. The number of carbonyl (C=O) groups excluding carboxylic acids is 1. The van der Waals surface area contributed by atoms with Crippen LogP contribution in [0.25, 0.3) is 0 Å². The maximum atomic E-state index is 11.2. The number of hydrogen-bond donors (Lipinski definition) is 2. The van der Waals surface area contributed by atoms with E-state index in [1.165, 1.54) is 12.7 Å². The Morgan fingerprint density at radius 2 is 1.56 bits per heavy atom. The molecule has 0 aromatic heterocycles. The summed E-state index contributed by atoms with van der Waals surface area (Å²) in [5, 5.41) is 0. The number of aliphatic imine (C=N–C) groups is 2. The molecular weight excluding hydrogens is 424 g/mol. The van der Waals surface area contributed by atoms with E-state index in [1.807, 2.05) is 6.08 Å². The Kier molecular flexibility index (Phi) is 11.5. The lowest BCUT2D eigenvalue weighted by Crippen LogP contribution is -2.22. The molecule has 3 aliphatic rings. The number of allylic oxidation sites excluding steroid dienone is 4. The van der Waals surface area contributed by atoms with Gasteiger partial charge in [0.15, 0.2) is 0 Å². The molecule has 6 heteroatoms. The first kappa shape index (κ1) is 31.6. The van der Waals surface area contributed by atoms with E-state index >= 15 is 0 Å². The standard InChI is InChI=1S/C10H17NO2.C9H15N.C8H14N2.CH4/c1-10(2,3)8-5-7(6-11-8)9(12)13-4;1-9(2,3)7-4-5-8(10)6-7;1-8(2,3)6-4-5-7(9)10-6;/h7H,5-6H2,1-4H3;4-5H,6,10H2,1-3H3;4H,5H2,1-3H3,(H2,9,10);1H4. The molecular formula is C28H50N4O2. The van der Waals surface area contributed by atoms with E-state index in [-0.39, 0.29) is 35.6 Å². The van der Waals surface area contributed by atoms with Crippen molar-refractivity contribution in [1.29, 1.82) is 0 Å². The van der Waals surface area contributed by atoms with Crippen LogP contribution in [-0.2, 0) is 9.53 Å². The second-order valence-corrected chi connectivity index (χ2v) is 12.0. The largest absolute Gasteiger partial charge is 0.469 e. The molecule has 0 spiro atoms. The Labute approximate surface area is 208 Å². The van der Waals surface area contributed by atoms with Gasteiger partial charge < -0.3 is 16.2 Å². The maximum absolute atomic E-state index is 11.2. The smallest absolute Gasteiger partial charge is 0.310 e. The number of rotatable bonds is 1. The number of esters is 1. The molecule has 34 heavy (non-hydrogen) atoms. The fourth-order valence-electron chi connectivity index (χ4n) is 3.43. The third-order valence-electron chi connectivity index (χ3n) is 5.74. The average Bonchev–Trinajstić information content (AvgIpc) is 3.40. The third kappa shape index (κ3) is 10.3. The van der Waals surface area contributed by atoms with E-state index in [0.717, 1.165) is 42.2 Å². The summed E-state index contributed by atoms with van der Waals surface area (Å²) < 4.78 is 4.68. The normalized spacial score (nSPS) is 19.7. The first-order valence-electron chi connectivity index (χ1n) is 11.8. The van der Waals surface area contributed by atoms with Gasteiger partial charge in [-0.15, -0.1) is 0 Å². The minimum atomic E-state index is -0.136. The van der Waals surface area contributed by atoms with Crippen LogP contribution < -0.4 is 11.5 Å². The summed E-state index contributed by atoms with van der Waals surface area (Å²) in [6.45, 7) is 20.0. The van der Waals surface area contributed by atoms with Gasteiger partial charge in [-0.1, -0.05) is 87.5 Å². The molecule has 1 aliphatic carbocycles. The lowest BCUT2D eigenvalue weighted by molar-refractivity contribution is -0.144. The van der Waals surface area contributed by atoms with Gasteiger partial charge in [0.2, 0.25) is 0 Å². The van der Waals surface area contributed by atoms with Crippen LogP contribution in [0.1, 0.15) is 89.0 Å². The molecule has 0 radical (unpaired) electrons. The summed E-state index contributed by atoms with van der Waals surface area (Å²) in [5.74, 6) is 0.562. The average molecular weight is 475 g/mol. The van der Waals surface area contributed by atoms with Crippen LogP contribution in [0.3, 0.4) is 0 Å². The molecule has 6 nitrogen and oxygen atoms in total. The van der Waals surface area contributed by atoms with Crippen molar-refractivity contribution < 1.29 is 9.53 Å². The molecule has 2 heterocycles. The van der Waals surface area contributed by atoms with E-state index in [4.69, 9.17) is 11.5 Å². The summed E-state index contributed by atoms with van der Waals surface area (Å²) in [7, 11) is 1.43. The molecule has 0 saturated heterocycles. The van der Waals surface area contributed by atoms with Gasteiger partial charge in [0.25, 0.3) is 0 Å². The number of hydrogen-bond acceptors (Lipinski definition) is 6. The zero-order chi connectivity index (χ0) is 25.6. The van der Waals surface area contributed by atoms with Gasteiger partial charge in [-0.25, -0.2) is 4.99 Å². The van der Waals surface area contributed by atoms with Crippen LogP contribution in [0.15, 0.2) is 45.2 Å². The molecule has 0 bridgehead atoms. The molecule has 1 atom stereocenters. The molecule has 0 saturated carbocycles. The number of nitrogens with zero attached hydrogens (tertiary/aromatic N) is 2. The van der Waals surface area contributed by atoms with Crippen LogP contribution >= 0.6 is 0 Å². The van der Waals surface area contributed by atoms with Crippen LogP contribution in [0, 0.1) is 22.2 Å². The van der Waals surface area contributed by atoms with Gasteiger partial charge in [-0.05, 0) is 16.9 Å². The maximum Gasteiger partial charge on any atom is 0.310 e. The van der Waals surface area contributed by atoms with E-state index in [0.29, 0.717) is 6.54 Å². The second kappa shape index (κ2) is 12.4. The van der Waals surface area contributed by atoms with Crippen LogP contribution in [0.4, 0.5) is 0 Å². The Balaban J connectivity index is 0.000000479. The topological polar surface area (TPSA) is 103 Å².